The minimum absolute atomic E-state index is 0.0868. The molecule has 2 aromatic carbocycles. The Kier molecular flexibility index (Phi) is 6.54. The smallest absolute Gasteiger partial charge is 0.287 e. The summed E-state index contributed by atoms with van der Waals surface area (Å²) in [6.45, 7) is 3.29. The number of para-hydroxylation sites is 1. The van der Waals surface area contributed by atoms with Gasteiger partial charge in [0.05, 0.1) is 12.7 Å². The van der Waals surface area contributed by atoms with Crippen molar-refractivity contribution in [2.45, 2.75) is 32.4 Å². The highest BCUT2D eigenvalue weighted by Crippen LogP contribution is 2.33. The molecule has 1 aromatic heterocycles. The molecule has 0 saturated carbocycles. The van der Waals surface area contributed by atoms with E-state index in [-0.39, 0.29) is 42.9 Å². The van der Waals surface area contributed by atoms with Gasteiger partial charge in [-0.3, -0.25) is 9.59 Å². The summed E-state index contributed by atoms with van der Waals surface area (Å²) in [6, 6.07) is 16.4. The Bertz CT molecular complexity index is 1110. The summed E-state index contributed by atoms with van der Waals surface area (Å²) in [5.41, 5.74) is 3.92. The molecule has 1 aliphatic heterocycles. The van der Waals surface area contributed by atoms with E-state index in [0.717, 1.165) is 12.0 Å². The third-order valence-corrected chi connectivity index (χ3v) is 5.63. The number of furan rings is 1. The Balaban J connectivity index is 1.27. The fourth-order valence-corrected chi connectivity index (χ4v) is 4.07. The van der Waals surface area contributed by atoms with E-state index in [4.69, 9.17) is 4.42 Å². The second kappa shape index (κ2) is 9.68. The molecule has 1 atom stereocenters. The number of amides is 2. The number of hydrogen-bond acceptors (Lipinski definition) is 4. The Morgan fingerprint density at radius 1 is 1.09 bits per heavy atom. The van der Waals surface area contributed by atoms with Gasteiger partial charge in [-0.15, -0.1) is 0 Å². The first-order chi connectivity index (χ1) is 15.5. The molecule has 0 saturated heterocycles. The molecule has 0 fully saturated rings. The van der Waals surface area contributed by atoms with E-state index in [9.17, 15) is 14.0 Å². The molecule has 0 radical (unpaired) electrons. The molecule has 2 heterocycles. The average Bonchev–Trinajstić information content (AvgIpc) is 3.36. The number of carbonyl (C=O) groups excluding carboxylic acids is 2. The second-order valence-electron chi connectivity index (χ2n) is 8.00. The van der Waals surface area contributed by atoms with Crippen LogP contribution in [0.5, 0.6) is 0 Å². The molecule has 3 aromatic rings. The first kappa shape index (κ1) is 21.6. The maximum atomic E-state index is 13.2. The summed E-state index contributed by atoms with van der Waals surface area (Å²) in [7, 11) is 0. The Labute approximate surface area is 186 Å². The van der Waals surface area contributed by atoms with Gasteiger partial charge in [0.15, 0.2) is 5.76 Å². The number of nitrogens with zero attached hydrogens (tertiary/aromatic N) is 1. The zero-order valence-electron chi connectivity index (χ0n) is 17.9. The zero-order valence-corrected chi connectivity index (χ0v) is 17.9. The van der Waals surface area contributed by atoms with E-state index < -0.39 is 0 Å². The van der Waals surface area contributed by atoms with E-state index in [1.807, 2.05) is 18.2 Å². The zero-order chi connectivity index (χ0) is 22.5. The minimum Gasteiger partial charge on any atom is -0.459 e. The first-order valence-electron chi connectivity index (χ1n) is 10.7. The Morgan fingerprint density at radius 2 is 1.91 bits per heavy atom. The first-order valence-corrected chi connectivity index (χ1v) is 10.7. The summed E-state index contributed by atoms with van der Waals surface area (Å²) in [4.78, 5) is 26.9. The number of carbonyl (C=O) groups is 2. The third kappa shape index (κ3) is 4.99. The van der Waals surface area contributed by atoms with Crippen LogP contribution in [0.2, 0.25) is 0 Å². The molecule has 1 aliphatic rings. The van der Waals surface area contributed by atoms with Crippen LogP contribution in [-0.2, 0) is 24.2 Å². The van der Waals surface area contributed by atoms with E-state index in [0.29, 0.717) is 18.2 Å². The number of anilines is 1. The fourth-order valence-electron chi connectivity index (χ4n) is 4.07. The molecule has 0 aliphatic carbocycles. The number of rotatable bonds is 8. The van der Waals surface area contributed by atoms with Crippen LogP contribution in [0.4, 0.5) is 10.1 Å². The topological polar surface area (TPSA) is 74.6 Å². The normalized spacial score (nSPS) is 14.8. The van der Waals surface area contributed by atoms with Crippen molar-refractivity contribution >= 4 is 17.5 Å². The molecular formula is C25H26FN3O3. The van der Waals surface area contributed by atoms with Gasteiger partial charge in [-0.05, 0) is 48.7 Å². The SMILES string of the molecule is CC1Cc2ccccc2N1Cc1ccoc1C(=O)NCCNC(=O)Cc1cccc(F)c1. The van der Waals surface area contributed by atoms with Crippen molar-refractivity contribution in [2.75, 3.05) is 18.0 Å². The molecule has 2 amide bonds. The van der Waals surface area contributed by atoms with Crippen molar-refractivity contribution in [2.24, 2.45) is 0 Å². The maximum absolute atomic E-state index is 13.2. The van der Waals surface area contributed by atoms with Gasteiger partial charge >= 0.3 is 0 Å². The van der Waals surface area contributed by atoms with E-state index in [1.54, 1.807) is 12.1 Å². The number of halogens is 1. The quantitative estimate of drug-likeness (QED) is 0.532. The molecule has 6 nitrogen and oxygen atoms in total. The largest absolute Gasteiger partial charge is 0.459 e. The predicted molar refractivity (Wildman–Crippen MR) is 120 cm³/mol. The highest BCUT2D eigenvalue weighted by atomic mass is 19.1. The van der Waals surface area contributed by atoms with Gasteiger partial charge in [-0.1, -0.05) is 30.3 Å². The molecule has 7 heteroatoms. The van der Waals surface area contributed by atoms with Crippen LogP contribution in [0.3, 0.4) is 0 Å². The van der Waals surface area contributed by atoms with Crippen molar-refractivity contribution in [3.05, 3.63) is 89.1 Å². The lowest BCUT2D eigenvalue weighted by Crippen LogP contribution is -2.36. The summed E-state index contributed by atoms with van der Waals surface area (Å²) in [6.07, 6.45) is 2.59. The Hall–Kier alpha value is -3.61. The van der Waals surface area contributed by atoms with Crippen molar-refractivity contribution in [1.29, 1.82) is 0 Å². The molecule has 0 spiro atoms. The van der Waals surface area contributed by atoms with E-state index in [2.05, 4.69) is 34.6 Å². The number of fused-ring (bicyclic) bond motifs is 1. The molecule has 166 valence electrons. The molecule has 4 rings (SSSR count). The maximum Gasteiger partial charge on any atom is 0.287 e. The molecule has 32 heavy (non-hydrogen) atoms. The average molecular weight is 435 g/mol. The predicted octanol–water partition coefficient (Wildman–Crippen LogP) is 3.46. The Morgan fingerprint density at radius 3 is 2.75 bits per heavy atom. The van der Waals surface area contributed by atoms with Crippen LogP contribution >= 0.6 is 0 Å². The van der Waals surface area contributed by atoms with E-state index >= 15 is 0 Å². The van der Waals surface area contributed by atoms with Gasteiger partial charge < -0.3 is 20.0 Å². The van der Waals surface area contributed by atoms with Crippen LogP contribution < -0.4 is 15.5 Å². The second-order valence-corrected chi connectivity index (χ2v) is 8.00. The van der Waals surface area contributed by atoms with Crippen LogP contribution in [0.15, 0.2) is 65.3 Å². The van der Waals surface area contributed by atoms with Gasteiger partial charge in [0, 0.05) is 36.9 Å². The summed E-state index contributed by atoms with van der Waals surface area (Å²) >= 11 is 0. The van der Waals surface area contributed by atoms with Crippen molar-refractivity contribution in [3.63, 3.8) is 0 Å². The minimum atomic E-state index is -0.372. The standard InChI is InChI=1S/C25H26FN3O3/c1-17-13-19-6-2-3-8-22(19)29(17)16-20-9-12-32-24(20)25(31)28-11-10-27-23(30)15-18-5-4-7-21(26)14-18/h2-9,12,14,17H,10-11,13,15-16H2,1H3,(H,27,30)(H,28,31). The molecule has 1 unspecified atom stereocenters. The van der Waals surface area contributed by atoms with Gasteiger partial charge in [-0.25, -0.2) is 4.39 Å². The van der Waals surface area contributed by atoms with Crippen molar-refractivity contribution < 1.29 is 18.4 Å². The lowest BCUT2D eigenvalue weighted by Gasteiger charge is -2.24. The lowest BCUT2D eigenvalue weighted by atomic mass is 10.1. The van der Waals surface area contributed by atoms with Gasteiger partial charge in [0.2, 0.25) is 5.91 Å². The molecule has 2 N–H and O–H groups in total. The van der Waals surface area contributed by atoms with E-state index in [1.165, 1.54) is 29.6 Å². The van der Waals surface area contributed by atoms with Crippen LogP contribution in [0, 0.1) is 5.82 Å². The van der Waals surface area contributed by atoms with Gasteiger partial charge in [0.25, 0.3) is 5.91 Å². The summed E-state index contributed by atoms with van der Waals surface area (Å²) < 4.78 is 18.7. The third-order valence-electron chi connectivity index (χ3n) is 5.63. The molecule has 0 bridgehead atoms. The monoisotopic (exact) mass is 435 g/mol. The van der Waals surface area contributed by atoms with Crippen LogP contribution in [0.25, 0.3) is 0 Å². The summed E-state index contributed by atoms with van der Waals surface area (Å²) in [5, 5.41) is 5.51. The number of nitrogens with one attached hydrogen (secondary N) is 2. The highest BCUT2D eigenvalue weighted by Gasteiger charge is 2.27. The van der Waals surface area contributed by atoms with Crippen molar-refractivity contribution in [1.82, 2.24) is 10.6 Å². The van der Waals surface area contributed by atoms with Crippen molar-refractivity contribution in [3.8, 4) is 0 Å². The van der Waals surface area contributed by atoms with Gasteiger partial charge in [0.1, 0.15) is 5.82 Å². The fraction of sp³-hybridized carbons (Fsp3) is 0.280. The number of hydrogen-bond donors (Lipinski definition) is 2. The molecular weight excluding hydrogens is 409 g/mol. The van der Waals surface area contributed by atoms with Gasteiger partial charge in [-0.2, -0.15) is 0 Å². The highest BCUT2D eigenvalue weighted by molar-refractivity contribution is 5.93. The number of benzene rings is 2. The lowest BCUT2D eigenvalue weighted by molar-refractivity contribution is -0.120. The summed E-state index contributed by atoms with van der Waals surface area (Å²) in [5.74, 6) is -0.633. The van der Waals surface area contributed by atoms with Crippen LogP contribution in [0.1, 0.15) is 34.2 Å². The van der Waals surface area contributed by atoms with Crippen LogP contribution in [-0.4, -0.2) is 30.9 Å².